The Morgan fingerprint density at radius 2 is 2.00 bits per heavy atom. The topological polar surface area (TPSA) is 34.0 Å². The fraction of sp³-hybridized carbons (Fsp3) is 0.640. The molecule has 0 unspecified atom stereocenters. The van der Waals surface area contributed by atoms with Crippen LogP contribution >= 0.6 is 0 Å². The lowest BCUT2D eigenvalue weighted by molar-refractivity contribution is -0.903. The van der Waals surface area contributed by atoms with Crippen LogP contribution in [0.25, 0.3) is 0 Å². The summed E-state index contributed by atoms with van der Waals surface area (Å²) in [5.41, 5.74) is 2.75. The standard InChI is InChI=1S/C25H33FN2O2/c1-17-4-3-9-25(2)15-23-20(14-22(17)25)21(24(29)30-23)16-27-10-12-28(13-11-27)19-7-5-18(26)6-8-19/h5-8,20-23H,1,3-4,9-16H2,2H3/p+1/t20-,21-,22-,23-,25-/m1/s1. The number of esters is 1. The van der Waals surface area contributed by atoms with Crippen molar-refractivity contribution in [1.82, 2.24) is 0 Å². The van der Waals surface area contributed by atoms with Crippen molar-refractivity contribution in [2.75, 3.05) is 37.6 Å². The third-order valence-corrected chi connectivity index (χ3v) is 8.49. The largest absolute Gasteiger partial charge is 0.462 e. The number of piperazine rings is 1. The van der Waals surface area contributed by atoms with Crippen LogP contribution in [0.3, 0.4) is 0 Å². The van der Waals surface area contributed by atoms with Crippen LogP contribution in [0.1, 0.15) is 39.0 Å². The van der Waals surface area contributed by atoms with Crippen LogP contribution in [0, 0.1) is 29.0 Å². The highest BCUT2D eigenvalue weighted by Gasteiger charge is 2.56. The minimum atomic E-state index is -0.193. The van der Waals surface area contributed by atoms with Crippen molar-refractivity contribution in [3.63, 3.8) is 0 Å². The first kappa shape index (κ1) is 20.0. The van der Waals surface area contributed by atoms with Gasteiger partial charge in [-0.1, -0.05) is 19.1 Å². The second kappa shape index (κ2) is 7.67. The number of allylic oxidation sites excluding steroid dienone is 1. The van der Waals surface area contributed by atoms with E-state index in [1.807, 2.05) is 12.1 Å². The predicted molar refractivity (Wildman–Crippen MR) is 115 cm³/mol. The molecule has 4 aliphatic rings. The molecule has 0 bridgehead atoms. The lowest BCUT2D eigenvalue weighted by atomic mass is 9.55. The Bertz CT molecular complexity index is 817. The van der Waals surface area contributed by atoms with Gasteiger partial charge in [0.2, 0.25) is 0 Å². The van der Waals surface area contributed by atoms with Crippen LogP contribution in [0.2, 0.25) is 0 Å². The van der Waals surface area contributed by atoms with Crippen molar-refractivity contribution in [3.8, 4) is 0 Å². The Morgan fingerprint density at radius 3 is 2.73 bits per heavy atom. The first-order valence-corrected chi connectivity index (χ1v) is 11.7. The van der Waals surface area contributed by atoms with Gasteiger partial charge in [0.25, 0.3) is 0 Å². The molecule has 0 aromatic heterocycles. The van der Waals surface area contributed by atoms with E-state index in [2.05, 4.69) is 18.4 Å². The van der Waals surface area contributed by atoms with E-state index in [-0.39, 0.29) is 29.2 Å². The lowest BCUT2D eigenvalue weighted by Gasteiger charge is -2.50. The number of hydrogen-bond donors (Lipinski definition) is 1. The number of rotatable bonds is 3. The summed E-state index contributed by atoms with van der Waals surface area (Å²) < 4.78 is 19.1. The number of ether oxygens (including phenoxy) is 1. The summed E-state index contributed by atoms with van der Waals surface area (Å²) in [7, 11) is 0. The highest BCUT2D eigenvalue weighted by atomic mass is 19.1. The molecule has 2 aliphatic carbocycles. The molecule has 1 N–H and O–H groups in total. The Morgan fingerprint density at radius 1 is 1.27 bits per heavy atom. The molecule has 2 saturated heterocycles. The monoisotopic (exact) mass is 413 g/mol. The summed E-state index contributed by atoms with van der Waals surface area (Å²) in [6, 6.07) is 6.77. The zero-order valence-corrected chi connectivity index (χ0v) is 18.0. The van der Waals surface area contributed by atoms with Gasteiger partial charge in [0.15, 0.2) is 0 Å². The molecule has 5 heteroatoms. The molecule has 2 saturated carbocycles. The van der Waals surface area contributed by atoms with Gasteiger partial charge in [-0.15, -0.1) is 0 Å². The highest BCUT2D eigenvalue weighted by molar-refractivity contribution is 5.75. The molecule has 0 spiro atoms. The average Bonchev–Trinajstić information content (AvgIpc) is 3.01. The minimum absolute atomic E-state index is 0.0293. The van der Waals surface area contributed by atoms with Gasteiger partial charge < -0.3 is 14.5 Å². The molecule has 5 rings (SSSR count). The molecule has 5 atom stereocenters. The Balaban J connectivity index is 1.22. The van der Waals surface area contributed by atoms with Gasteiger partial charge in [0, 0.05) is 11.6 Å². The lowest BCUT2D eigenvalue weighted by Crippen LogP contribution is -3.15. The molecule has 4 fully saturated rings. The van der Waals surface area contributed by atoms with Gasteiger partial charge >= 0.3 is 5.97 Å². The maximum Gasteiger partial charge on any atom is 0.315 e. The van der Waals surface area contributed by atoms with E-state index in [1.165, 1.54) is 35.4 Å². The van der Waals surface area contributed by atoms with E-state index < -0.39 is 0 Å². The van der Waals surface area contributed by atoms with E-state index in [0.29, 0.717) is 11.8 Å². The van der Waals surface area contributed by atoms with Crippen molar-refractivity contribution in [1.29, 1.82) is 0 Å². The van der Waals surface area contributed by atoms with Gasteiger partial charge in [-0.2, -0.15) is 0 Å². The van der Waals surface area contributed by atoms with Crippen molar-refractivity contribution < 1.29 is 18.8 Å². The number of hydrogen-bond acceptors (Lipinski definition) is 3. The smallest absolute Gasteiger partial charge is 0.315 e. The number of nitrogens with zero attached hydrogens (tertiary/aromatic N) is 1. The summed E-state index contributed by atoms with van der Waals surface area (Å²) in [6.45, 7) is 11.6. The molecule has 2 heterocycles. The molecular weight excluding hydrogens is 379 g/mol. The summed E-state index contributed by atoms with van der Waals surface area (Å²) in [6.07, 6.45) is 5.80. The van der Waals surface area contributed by atoms with E-state index in [0.717, 1.165) is 57.7 Å². The van der Waals surface area contributed by atoms with Gasteiger partial charge in [-0.05, 0) is 67.7 Å². The summed E-state index contributed by atoms with van der Waals surface area (Å²) in [5.74, 6) is 0.775. The molecule has 162 valence electrons. The first-order chi connectivity index (χ1) is 14.4. The number of quaternary nitrogens is 1. The van der Waals surface area contributed by atoms with E-state index in [9.17, 15) is 9.18 Å². The van der Waals surface area contributed by atoms with Crippen LogP contribution in [0.5, 0.6) is 0 Å². The van der Waals surface area contributed by atoms with E-state index >= 15 is 0 Å². The molecule has 1 aromatic rings. The third-order valence-electron chi connectivity index (χ3n) is 8.49. The quantitative estimate of drug-likeness (QED) is 0.611. The molecule has 4 nitrogen and oxygen atoms in total. The fourth-order valence-corrected chi connectivity index (χ4v) is 6.74. The third kappa shape index (κ3) is 3.55. The predicted octanol–water partition coefficient (Wildman–Crippen LogP) is 2.84. The number of benzene rings is 1. The van der Waals surface area contributed by atoms with Gasteiger partial charge in [-0.25, -0.2) is 4.39 Å². The molecule has 30 heavy (non-hydrogen) atoms. The van der Waals surface area contributed by atoms with Crippen LogP contribution in [0.4, 0.5) is 10.1 Å². The zero-order chi connectivity index (χ0) is 20.9. The Kier molecular flexibility index (Phi) is 5.12. The summed E-state index contributed by atoms with van der Waals surface area (Å²) >= 11 is 0. The first-order valence-electron chi connectivity index (χ1n) is 11.7. The Labute approximate surface area is 179 Å². The maximum atomic E-state index is 13.2. The molecule has 2 aliphatic heterocycles. The van der Waals surface area contributed by atoms with E-state index in [4.69, 9.17) is 4.74 Å². The zero-order valence-electron chi connectivity index (χ0n) is 18.0. The van der Waals surface area contributed by atoms with Gasteiger partial charge in [0.1, 0.15) is 17.8 Å². The maximum absolute atomic E-state index is 13.2. The van der Waals surface area contributed by atoms with Crippen molar-refractivity contribution in [2.24, 2.45) is 23.2 Å². The normalized spacial score (nSPS) is 36.9. The van der Waals surface area contributed by atoms with Gasteiger partial charge in [0.05, 0.1) is 32.7 Å². The van der Waals surface area contributed by atoms with Crippen LogP contribution in [-0.2, 0) is 9.53 Å². The fourth-order valence-electron chi connectivity index (χ4n) is 6.74. The van der Waals surface area contributed by atoms with Crippen molar-refractivity contribution in [3.05, 3.63) is 42.2 Å². The van der Waals surface area contributed by atoms with Crippen LogP contribution in [-0.4, -0.2) is 44.8 Å². The second-order valence-corrected chi connectivity index (χ2v) is 10.3. The summed E-state index contributed by atoms with van der Waals surface area (Å²) in [4.78, 5) is 16.6. The SMILES string of the molecule is C=C1CCC[C@]2(C)C[C@H]3OC(=O)[C@H](C[NH+]4CCN(c5ccc(F)cc5)CC4)[C@H]3C[C@H]12. The van der Waals surface area contributed by atoms with Crippen molar-refractivity contribution >= 4 is 11.7 Å². The van der Waals surface area contributed by atoms with Crippen LogP contribution < -0.4 is 9.80 Å². The second-order valence-electron chi connectivity index (χ2n) is 10.3. The number of fused-ring (bicyclic) bond motifs is 2. The number of carbonyl (C=O) groups excluding carboxylic acids is 1. The molecule has 1 aromatic carbocycles. The number of halogens is 1. The number of nitrogens with one attached hydrogen (secondary N) is 1. The molecule has 0 amide bonds. The highest BCUT2D eigenvalue weighted by Crippen LogP contribution is 2.56. The number of carbonyl (C=O) groups is 1. The van der Waals surface area contributed by atoms with Gasteiger partial charge in [-0.3, -0.25) is 4.79 Å². The average molecular weight is 414 g/mol. The number of anilines is 1. The minimum Gasteiger partial charge on any atom is -0.462 e. The van der Waals surface area contributed by atoms with Crippen LogP contribution in [0.15, 0.2) is 36.4 Å². The summed E-state index contributed by atoms with van der Waals surface area (Å²) in [5, 5.41) is 0. The van der Waals surface area contributed by atoms with Crippen molar-refractivity contribution in [2.45, 2.75) is 45.1 Å². The Hall–Kier alpha value is -1.88. The molecule has 0 radical (unpaired) electrons. The van der Waals surface area contributed by atoms with E-state index in [1.54, 1.807) is 0 Å². The molecular formula is C25H34FN2O2+.